The maximum atomic E-state index is 12.0. The summed E-state index contributed by atoms with van der Waals surface area (Å²) in [4.78, 5) is 23.1. The van der Waals surface area contributed by atoms with E-state index < -0.39 is 0 Å². The molecular weight excluding hydrogens is 248 g/mol. The second-order valence-electron chi connectivity index (χ2n) is 4.30. The molecule has 6 nitrogen and oxygen atoms in total. The largest absolute Gasteiger partial charge is 0.497 e. The predicted octanol–water partition coefficient (Wildman–Crippen LogP) is 0.778. The van der Waals surface area contributed by atoms with Crippen molar-refractivity contribution >= 4 is 17.5 Å². The van der Waals surface area contributed by atoms with Crippen LogP contribution in [-0.2, 0) is 9.59 Å². The Bertz CT molecular complexity index is 479. The molecule has 0 aliphatic carbocycles. The molecule has 1 unspecified atom stereocenters. The Labute approximate surface area is 111 Å². The van der Waals surface area contributed by atoms with Crippen LogP contribution in [0.3, 0.4) is 0 Å². The zero-order valence-electron chi connectivity index (χ0n) is 10.9. The quantitative estimate of drug-likeness (QED) is 0.842. The summed E-state index contributed by atoms with van der Waals surface area (Å²) in [7, 11) is 3.08. The van der Waals surface area contributed by atoms with Crippen molar-refractivity contribution in [2.75, 3.05) is 26.1 Å². The average Bonchev–Trinajstić information content (AvgIpc) is 2.85. The number of benzene rings is 1. The molecule has 2 amide bonds. The van der Waals surface area contributed by atoms with E-state index in [0.717, 1.165) is 0 Å². The van der Waals surface area contributed by atoms with E-state index in [4.69, 9.17) is 9.47 Å². The minimum absolute atomic E-state index is 0.0941. The van der Waals surface area contributed by atoms with Crippen LogP contribution in [0.15, 0.2) is 18.2 Å². The first-order chi connectivity index (χ1) is 9.12. The number of carbonyl (C=O) groups is 2. The number of hydrogen-bond donors (Lipinski definition) is 2. The van der Waals surface area contributed by atoms with Crippen LogP contribution < -0.4 is 20.1 Å². The van der Waals surface area contributed by atoms with E-state index in [1.165, 1.54) is 0 Å². The first-order valence-electron chi connectivity index (χ1n) is 5.93. The van der Waals surface area contributed by atoms with Crippen molar-refractivity contribution in [2.45, 2.75) is 6.42 Å². The normalized spacial score (nSPS) is 17.8. The van der Waals surface area contributed by atoms with Crippen LogP contribution in [-0.4, -0.2) is 32.6 Å². The molecule has 102 valence electrons. The Morgan fingerprint density at radius 2 is 1.89 bits per heavy atom. The molecule has 2 rings (SSSR count). The van der Waals surface area contributed by atoms with E-state index >= 15 is 0 Å². The molecule has 1 saturated heterocycles. The topological polar surface area (TPSA) is 76.7 Å². The molecule has 1 aliphatic heterocycles. The molecule has 1 aromatic carbocycles. The third-order valence-corrected chi connectivity index (χ3v) is 2.97. The number of carbonyl (C=O) groups excluding carboxylic acids is 2. The Kier molecular flexibility index (Phi) is 3.89. The summed E-state index contributed by atoms with van der Waals surface area (Å²) in [6, 6.07) is 5.12. The van der Waals surface area contributed by atoms with E-state index in [1.54, 1.807) is 32.4 Å². The van der Waals surface area contributed by atoms with Crippen molar-refractivity contribution in [3.05, 3.63) is 18.2 Å². The van der Waals surface area contributed by atoms with E-state index in [1.807, 2.05) is 0 Å². The predicted molar refractivity (Wildman–Crippen MR) is 69.3 cm³/mol. The zero-order valence-corrected chi connectivity index (χ0v) is 10.9. The monoisotopic (exact) mass is 264 g/mol. The van der Waals surface area contributed by atoms with Crippen molar-refractivity contribution in [3.63, 3.8) is 0 Å². The van der Waals surface area contributed by atoms with Gasteiger partial charge in [-0.2, -0.15) is 0 Å². The van der Waals surface area contributed by atoms with Gasteiger partial charge in [0.15, 0.2) is 0 Å². The molecule has 19 heavy (non-hydrogen) atoms. The summed E-state index contributed by atoms with van der Waals surface area (Å²) in [5, 5.41) is 5.39. The zero-order chi connectivity index (χ0) is 13.8. The Morgan fingerprint density at radius 3 is 2.37 bits per heavy atom. The fourth-order valence-electron chi connectivity index (χ4n) is 1.91. The summed E-state index contributed by atoms with van der Waals surface area (Å²) in [6.45, 7) is 0.381. The second-order valence-corrected chi connectivity index (χ2v) is 4.30. The van der Waals surface area contributed by atoms with Gasteiger partial charge >= 0.3 is 0 Å². The van der Waals surface area contributed by atoms with Gasteiger partial charge in [-0.3, -0.25) is 9.59 Å². The maximum Gasteiger partial charge on any atom is 0.229 e. The lowest BCUT2D eigenvalue weighted by atomic mass is 10.1. The first-order valence-corrected chi connectivity index (χ1v) is 5.93. The second kappa shape index (κ2) is 5.60. The highest BCUT2D eigenvalue weighted by molar-refractivity contribution is 5.97. The molecule has 1 aliphatic rings. The highest BCUT2D eigenvalue weighted by atomic mass is 16.5. The standard InChI is InChI=1S/C13H16N2O4/c1-18-10-4-9(5-11(6-10)19-2)15-13(17)8-3-12(16)14-7-8/h4-6,8H,3,7H2,1-2H3,(H,14,16)(H,15,17). The summed E-state index contributed by atoms with van der Waals surface area (Å²) >= 11 is 0. The summed E-state index contributed by atoms with van der Waals surface area (Å²) < 4.78 is 10.2. The number of hydrogen-bond acceptors (Lipinski definition) is 4. The van der Waals surface area contributed by atoms with Crippen LogP contribution in [0.2, 0.25) is 0 Å². The number of anilines is 1. The summed E-state index contributed by atoms with van der Waals surface area (Å²) in [6.07, 6.45) is 0.229. The van der Waals surface area contributed by atoms with Crippen molar-refractivity contribution in [1.82, 2.24) is 5.32 Å². The van der Waals surface area contributed by atoms with E-state index in [-0.39, 0.29) is 24.2 Å². The van der Waals surface area contributed by atoms with Crippen molar-refractivity contribution in [2.24, 2.45) is 5.92 Å². The van der Waals surface area contributed by atoms with Crippen molar-refractivity contribution < 1.29 is 19.1 Å². The van der Waals surface area contributed by atoms with E-state index in [0.29, 0.717) is 23.7 Å². The van der Waals surface area contributed by atoms with Gasteiger partial charge in [0.05, 0.1) is 20.1 Å². The van der Waals surface area contributed by atoms with E-state index in [9.17, 15) is 9.59 Å². The highest BCUT2D eigenvalue weighted by Crippen LogP contribution is 2.26. The van der Waals surface area contributed by atoms with E-state index in [2.05, 4.69) is 10.6 Å². The average molecular weight is 264 g/mol. The van der Waals surface area contributed by atoms with Gasteiger partial charge in [-0.25, -0.2) is 0 Å². The van der Waals surface area contributed by atoms with Crippen LogP contribution in [0, 0.1) is 5.92 Å². The molecule has 0 spiro atoms. The third-order valence-electron chi connectivity index (χ3n) is 2.97. The minimum atomic E-state index is -0.329. The molecule has 0 bridgehead atoms. The molecular formula is C13H16N2O4. The lowest BCUT2D eigenvalue weighted by Gasteiger charge is -2.12. The Morgan fingerprint density at radius 1 is 1.26 bits per heavy atom. The van der Waals surface area contributed by atoms with Gasteiger partial charge in [0.2, 0.25) is 11.8 Å². The number of ether oxygens (including phenoxy) is 2. The van der Waals surface area contributed by atoms with Crippen LogP contribution >= 0.6 is 0 Å². The Hall–Kier alpha value is -2.24. The summed E-state index contributed by atoms with van der Waals surface area (Å²) in [5.74, 6) is 0.576. The summed E-state index contributed by atoms with van der Waals surface area (Å²) in [5.41, 5.74) is 0.584. The number of nitrogens with one attached hydrogen (secondary N) is 2. The van der Waals surface area contributed by atoms with Gasteiger partial charge in [0.25, 0.3) is 0 Å². The van der Waals surface area contributed by atoms with Crippen LogP contribution in [0.5, 0.6) is 11.5 Å². The smallest absolute Gasteiger partial charge is 0.229 e. The van der Waals surface area contributed by atoms with Crippen molar-refractivity contribution in [3.8, 4) is 11.5 Å². The molecule has 1 aromatic rings. The number of rotatable bonds is 4. The molecule has 2 N–H and O–H groups in total. The van der Waals surface area contributed by atoms with Gasteiger partial charge in [0, 0.05) is 36.9 Å². The maximum absolute atomic E-state index is 12.0. The van der Waals surface area contributed by atoms with Gasteiger partial charge in [-0.15, -0.1) is 0 Å². The highest BCUT2D eigenvalue weighted by Gasteiger charge is 2.27. The van der Waals surface area contributed by atoms with Gasteiger partial charge in [0.1, 0.15) is 11.5 Å². The fourth-order valence-corrected chi connectivity index (χ4v) is 1.91. The Balaban J connectivity index is 2.09. The molecule has 0 saturated carbocycles. The van der Waals surface area contributed by atoms with Crippen LogP contribution in [0.1, 0.15) is 6.42 Å². The lowest BCUT2D eigenvalue weighted by Crippen LogP contribution is -2.24. The molecule has 0 radical (unpaired) electrons. The molecule has 1 fully saturated rings. The number of amides is 2. The molecule has 0 aromatic heterocycles. The minimum Gasteiger partial charge on any atom is -0.497 e. The fraction of sp³-hybridized carbons (Fsp3) is 0.385. The third kappa shape index (κ3) is 3.15. The SMILES string of the molecule is COc1cc(NC(=O)C2CNC(=O)C2)cc(OC)c1. The van der Waals surface area contributed by atoms with Crippen LogP contribution in [0.25, 0.3) is 0 Å². The van der Waals surface area contributed by atoms with Gasteiger partial charge < -0.3 is 20.1 Å². The van der Waals surface area contributed by atoms with Crippen LogP contribution in [0.4, 0.5) is 5.69 Å². The lowest BCUT2D eigenvalue weighted by molar-refractivity contribution is -0.123. The molecule has 1 atom stereocenters. The first kappa shape index (κ1) is 13.2. The van der Waals surface area contributed by atoms with Gasteiger partial charge in [-0.05, 0) is 0 Å². The molecule has 1 heterocycles. The van der Waals surface area contributed by atoms with Gasteiger partial charge in [-0.1, -0.05) is 0 Å². The number of methoxy groups -OCH3 is 2. The molecule has 6 heteroatoms. The van der Waals surface area contributed by atoms with Crippen molar-refractivity contribution in [1.29, 1.82) is 0 Å².